The number of pyridine rings is 1. The number of benzene rings is 1. The first kappa shape index (κ1) is 17.6. The Hall–Kier alpha value is -3.24. The van der Waals surface area contributed by atoms with Gasteiger partial charge in [0.05, 0.1) is 12.6 Å². The number of methoxy groups -OCH3 is 1. The standard InChI is InChI=1S/C19H20N6O/c1-25(2)7-6-21-18-16-9-13(4-5-17(16)23-12-24-18)15-8-14(10-20)19(26-3)22-11-15/h4-5,8-9,11-12H,6-7H2,1-3H3,(H,21,23,24). The first-order valence-corrected chi connectivity index (χ1v) is 8.20. The molecule has 7 nitrogen and oxygen atoms in total. The summed E-state index contributed by atoms with van der Waals surface area (Å²) in [4.78, 5) is 15.0. The molecule has 26 heavy (non-hydrogen) atoms. The van der Waals surface area contributed by atoms with Gasteiger partial charge in [-0.05, 0) is 37.9 Å². The Kier molecular flexibility index (Phi) is 5.25. The van der Waals surface area contributed by atoms with Gasteiger partial charge in [-0.25, -0.2) is 15.0 Å². The van der Waals surface area contributed by atoms with Crippen molar-refractivity contribution in [1.29, 1.82) is 5.26 Å². The number of ether oxygens (including phenoxy) is 1. The Bertz CT molecular complexity index is 964. The van der Waals surface area contributed by atoms with Crippen LogP contribution in [0.4, 0.5) is 5.82 Å². The van der Waals surface area contributed by atoms with Gasteiger partial charge in [0.25, 0.3) is 0 Å². The number of anilines is 1. The molecule has 0 aliphatic carbocycles. The second-order valence-electron chi connectivity index (χ2n) is 6.08. The molecule has 3 rings (SSSR count). The van der Waals surface area contributed by atoms with E-state index in [4.69, 9.17) is 4.74 Å². The Balaban J connectivity index is 1.99. The van der Waals surface area contributed by atoms with E-state index in [0.29, 0.717) is 11.4 Å². The maximum absolute atomic E-state index is 9.27. The van der Waals surface area contributed by atoms with Crippen molar-refractivity contribution < 1.29 is 4.74 Å². The molecule has 2 aromatic heterocycles. The Morgan fingerprint density at radius 1 is 1.15 bits per heavy atom. The van der Waals surface area contributed by atoms with Crippen molar-refractivity contribution in [2.45, 2.75) is 0 Å². The second-order valence-corrected chi connectivity index (χ2v) is 6.08. The first-order valence-electron chi connectivity index (χ1n) is 8.20. The molecule has 0 atom stereocenters. The smallest absolute Gasteiger partial charge is 0.231 e. The first-order chi connectivity index (χ1) is 12.6. The fraction of sp³-hybridized carbons (Fsp3) is 0.263. The number of rotatable bonds is 6. The van der Waals surface area contributed by atoms with Crippen molar-refractivity contribution in [3.05, 3.63) is 42.4 Å². The minimum atomic E-state index is 0.325. The van der Waals surface area contributed by atoms with Crippen LogP contribution in [0.3, 0.4) is 0 Å². The Labute approximate surface area is 152 Å². The van der Waals surface area contributed by atoms with E-state index < -0.39 is 0 Å². The van der Waals surface area contributed by atoms with Gasteiger partial charge >= 0.3 is 0 Å². The summed E-state index contributed by atoms with van der Waals surface area (Å²) >= 11 is 0. The maximum Gasteiger partial charge on any atom is 0.231 e. The zero-order valence-electron chi connectivity index (χ0n) is 15.0. The molecule has 0 bridgehead atoms. The monoisotopic (exact) mass is 348 g/mol. The van der Waals surface area contributed by atoms with Crippen LogP contribution in [-0.4, -0.2) is 54.1 Å². The quantitative estimate of drug-likeness (QED) is 0.732. The summed E-state index contributed by atoms with van der Waals surface area (Å²) in [6.45, 7) is 1.69. The van der Waals surface area contributed by atoms with E-state index in [1.54, 1.807) is 18.6 Å². The van der Waals surface area contributed by atoms with E-state index in [1.807, 2.05) is 32.3 Å². The van der Waals surface area contributed by atoms with E-state index in [1.165, 1.54) is 7.11 Å². The van der Waals surface area contributed by atoms with Gasteiger partial charge in [0, 0.05) is 30.2 Å². The van der Waals surface area contributed by atoms with Crippen LogP contribution in [0.1, 0.15) is 5.56 Å². The molecule has 0 spiro atoms. The fourth-order valence-corrected chi connectivity index (χ4v) is 2.63. The van der Waals surface area contributed by atoms with Crippen molar-refractivity contribution >= 4 is 16.7 Å². The lowest BCUT2D eigenvalue weighted by Gasteiger charge is -2.13. The molecule has 2 heterocycles. The third-order valence-corrected chi connectivity index (χ3v) is 3.99. The molecule has 0 saturated carbocycles. The Morgan fingerprint density at radius 2 is 2.00 bits per heavy atom. The van der Waals surface area contributed by atoms with Crippen LogP contribution in [0.5, 0.6) is 5.88 Å². The highest BCUT2D eigenvalue weighted by Gasteiger charge is 2.10. The number of nitrogens with one attached hydrogen (secondary N) is 1. The highest BCUT2D eigenvalue weighted by atomic mass is 16.5. The molecule has 132 valence electrons. The summed E-state index contributed by atoms with van der Waals surface area (Å²) in [7, 11) is 5.56. The predicted octanol–water partition coefficient (Wildman–Crippen LogP) is 2.55. The second kappa shape index (κ2) is 7.76. The Morgan fingerprint density at radius 3 is 2.73 bits per heavy atom. The minimum absolute atomic E-state index is 0.325. The summed E-state index contributed by atoms with van der Waals surface area (Å²) in [5.41, 5.74) is 3.04. The molecule has 0 fully saturated rings. The molecular weight excluding hydrogens is 328 g/mol. The summed E-state index contributed by atoms with van der Waals surface area (Å²) in [6.07, 6.45) is 3.26. The largest absolute Gasteiger partial charge is 0.480 e. The topological polar surface area (TPSA) is 87.0 Å². The third kappa shape index (κ3) is 3.71. The maximum atomic E-state index is 9.27. The van der Waals surface area contributed by atoms with Crippen LogP contribution in [0.25, 0.3) is 22.0 Å². The summed E-state index contributed by atoms with van der Waals surface area (Å²) < 4.78 is 5.11. The molecule has 1 aromatic carbocycles. The molecule has 0 aliphatic rings. The van der Waals surface area contributed by atoms with Crippen molar-refractivity contribution in [2.24, 2.45) is 0 Å². The van der Waals surface area contributed by atoms with E-state index in [-0.39, 0.29) is 0 Å². The van der Waals surface area contributed by atoms with Gasteiger partial charge in [-0.2, -0.15) is 5.26 Å². The van der Waals surface area contributed by atoms with Gasteiger partial charge < -0.3 is 15.0 Å². The fourth-order valence-electron chi connectivity index (χ4n) is 2.63. The highest BCUT2D eigenvalue weighted by Crippen LogP contribution is 2.28. The van der Waals surface area contributed by atoms with Crippen LogP contribution >= 0.6 is 0 Å². The van der Waals surface area contributed by atoms with Gasteiger partial charge in [-0.1, -0.05) is 6.07 Å². The van der Waals surface area contributed by atoms with E-state index in [0.717, 1.165) is 40.9 Å². The van der Waals surface area contributed by atoms with Crippen molar-refractivity contribution in [1.82, 2.24) is 19.9 Å². The molecule has 0 aliphatic heterocycles. The number of likely N-dealkylation sites (N-methyl/N-ethyl adjacent to an activating group) is 1. The minimum Gasteiger partial charge on any atom is -0.480 e. The number of nitrogens with zero attached hydrogens (tertiary/aromatic N) is 5. The van der Waals surface area contributed by atoms with Crippen LogP contribution in [0.15, 0.2) is 36.8 Å². The lowest BCUT2D eigenvalue weighted by Crippen LogP contribution is -2.21. The van der Waals surface area contributed by atoms with Crippen LogP contribution < -0.4 is 10.1 Å². The van der Waals surface area contributed by atoms with Crippen molar-refractivity contribution in [3.63, 3.8) is 0 Å². The van der Waals surface area contributed by atoms with Gasteiger partial charge in [-0.3, -0.25) is 0 Å². The molecule has 3 aromatic rings. The number of hydrogen-bond acceptors (Lipinski definition) is 7. The van der Waals surface area contributed by atoms with Crippen LogP contribution in [0.2, 0.25) is 0 Å². The average Bonchev–Trinajstić information content (AvgIpc) is 2.67. The molecule has 0 radical (unpaired) electrons. The normalized spacial score (nSPS) is 10.7. The summed E-state index contributed by atoms with van der Waals surface area (Å²) in [5, 5.41) is 13.6. The lowest BCUT2D eigenvalue weighted by atomic mass is 10.0. The highest BCUT2D eigenvalue weighted by molar-refractivity contribution is 5.92. The van der Waals surface area contributed by atoms with Crippen molar-refractivity contribution in [3.8, 4) is 23.1 Å². The molecule has 0 amide bonds. The van der Waals surface area contributed by atoms with Gasteiger partial charge in [0.1, 0.15) is 23.8 Å². The molecule has 0 saturated heterocycles. The zero-order chi connectivity index (χ0) is 18.5. The summed E-state index contributed by atoms with van der Waals surface area (Å²) in [6, 6.07) is 9.81. The van der Waals surface area contributed by atoms with Crippen molar-refractivity contribution in [2.75, 3.05) is 39.6 Å². The molecule has 7 heteroatoms. The molecule has 1 N–H and O–H groups in total. The predicted molar refractivity (Wildman–Crippen MR) is 101 cm³/mol. The molecular formula is C19H20N6O. The van der Waals surface area contributed by atoms with E-state index in [9.17, 15) is 5.26 Å². The number of hydrogen-bond donors (Lipinski definition) is 1. The SMILES string of the molecule is COc1ncc(-c2ccc3ncnc(NCCN(C)C)c3c2)cc1C#N. The lowest BCUT2D eigenvalue weighted by molar-refractivity contribution is 0.396. The van der Waals surface area contributed by atoms with Crippen LogP contribution in [-0.2, 0) is 0 Å². The van der Waals surface area contributed by atoms with Crippen LogP contribution in [0, 0.1) is 11.3 Å². The van der Waals surface area contributed by atoms with E-state index >= 15 is 0 Å². The number of nitriles is 1. The summed E-state index contributed by atoms with van der Waals surface area (Å²) in [5.74, 6) is 1.12. The molecule has 0 unspecified atom stereocenters. The number of aromatic nitrogens is 3. The van der Waals surface area contributed by atoms with Gasteiger partial charge in [0.15, 0.2) is 0 Å². The average molecular weight is 348 g/mol. The van der Waals surface area contributed by atoms with Gasteiger partial charge in [0.2, 0.25) is 5.88 Å². The number of fused-ring (bicyclic) bond motifs is 1. The zero-order valence-corrected chi connectivity index (χ0v) is 15.0. The third-order valence-electron chi connectivity index (χ3n) is 3.99. The van der Waals surface area contributed by atoms with E-state index in [2.05, 4.69) is 31.2 Å². The van der Waals surface area contributed by atoms with Gasteiger partial charge in [-0.15, -0.1) is 0 Å².